The van der Waals surface area contributed by atoms with Crippen molar-refractivity contribution in [3.8, 4) is 0 Å². The summed E-state index contributed by atoms with van der Waals surface area (Å²) in [5, 5.41) is 13.8. The first kappa shape index (κ1) is 66.9. The molecule has 0 rings (SSSR count). The van der Waals surface area contributed by atoms with Crippen LogP contribution < -0.4 is 10.2 Å². The summed E-state index contributed by atoms with van der Waals surface area (Å²) >= 11 is 0. The van der Waals surface area contributed by atoms with Gasteiger partial charge in [0, 0.05) is 6.42 Å². The van der Waals surface area contributed by atoms with E-state index in [2.05, 4.69) is 141 Å². The van der Waals surface area contributed by atoms with Crippen LogP contribution in [0.15, 0.2) is 122 Å². The van der Waals surface area contributed by atoms with E-state index < -0.39 is 20.0 Å². The van der Waals surface area contributed by atoms with Gasteiger partial charge in [-0.1, -0.05) is 232 Å². The normalized spacial score (nSPS) is 14.9. The van der Waals surface area contributed by atoms with E-state index in [-0.39, 0.29) is 19.1 Å². The SMILES string of the molecule is CC/C=C\C/C=C\C/C=C\C/C=C\C/C=C\C/C=C\C/C=C\C/C=C\C/C=C\C/C=C\CCCCCCCCCCCCC(=O)NC(COP(=O)([O-])OCC[N+](C)(C)C)C(O)CCCCCCCCC. The minimum absolute atomic E-state index is 0.00559. The third kappa shape index (κ3) is 52.7. The summed E-state index contributed by atoms with van der Waals surface area (Å²) in [6, 6.07) is -0.807. The number of carbonyl (C=O) groups excluding carboxylic acids is 1. The second-order valence-electron chi connectivity index (χ2n) is 19.6. The molecule has 1 amide bonds. The summed E-state index contributed by atoms with van der Waals surface area (Å²) in [5.74, 6) is -0.179. The fourth-order valence-electron chi connectivity index (χ4n) is 7.36. The molecule has 9 heteroatoms. The Labute approximate surface area is 431 Å². The van der Waals surface area contributed by atoms with Gasteiger partial charge in [-0.3, -0.25) is 9.36 Å². The van der Waals surface area contributed by atoms with E-state index in [0.29, 0.717) is 23.9 Å². The summed E-state index contributed by atoms with van der Waals surface area (Å²) in [6.07, 6.45) is 75.5. The molecule has 2 N–H and O–H groups in total. The van der Waals surface area contributed by atoms with Crippen molar-refractivity contribution in [1.82, 2.24) is 5.32 Å². The number of hydrogen-bond donors (Lipinski definition) is 2. The molecule has 3 unspecified atom stereocenters. The zero-order valence-electron chi connectivity index (χ0n) is 45.4. The number of phosphoric acid groups is 1. The number of nitrogens with zero attached hydrogens (tertiary/aromatic N) is 1. The first-order chi connectivity index (χ1) is 34.0. The van der Waals surface area contributed by atoms with Gasteiger partial charge in [-0.05, 0) is 89.9 Å². The second kappa shape index (κ2) is 50.8. The van der Waals surface area contributed by atoms with Gasteiger partial charge in [0.05, 0.1) is 39.9 Å². The van der Waals surface area contributed by atoms with E-state index >= 15 is 0 Å². The zero-order valence-corrected chi connectivity index (χ0v) is 46.3. The first-order valence-corrected chi connectivity index (χ1v) is 29.3. The number of carbonyl (C=O) groups is 1. The van der Waals surface area contributed by atoms with Crippen molar-refractivity contribution in [3.63, 3.8) is 0 Å². The number of aliphatic hydroxyl groups excluding tert-OH is 1. The van der Waals surface area contributed by atoms with Gasteiger partial charge < -0.3 is 28.8 Å². The number of nitrogens with one attached hydrogen (secondary N) is 1. The third-order valence-corrected chi connectivity index (χ3v) is 12.7. The van der Waals surface area contributed by atoms with Crippen LogP contribution >= 0.6 is 7.82 Å². The molecule has 0 aliphatic rings. The molecular formula is C61H105N2O6P. The fourth-order valence-corrected chi connectivity index (χ4v) is 8.08. The Bertz CT molecular complexity index is 1550. The molecule has 0 heterocycles. The topological polar surface area (TPSA) is 108 Å². The van der Waals surface area contributed by atoms with Crippen LogP contribution in [0.1, 0.15) is 206 Å². The lowest BCUT2D eigenvalue weighted by atomic mass is 10.0. The van der Waals surface area contributed by atoms with E-state index in [1.807, 2.05) is 21.1 Å². The van der Waals surface area contributed by atoms with Crippen LogP contribution in [0.25, 0.3) is 0 Å². The van der Waals surface area contributed by atoms with E-state index in [1.165, 1.54) is 70.6 Å². The molecule has 0 aliphatic heterocycles. The van der Waals surface area contributed by atoms with Crippen LogP contribution in [-0.2, 0) is 18.4 Å². The molecule has 0 aromatic heterocycles. The van der Waals surface area contributed by atoms with Gasteiger partial charge in [0.25, 0.3) is 7.82 Å². The summed E-state index contributed by atoms with van der Waals surface area (Å²) in [6.45, 7) is 4.53. The molecule has 400 valence electrons. The van der Waals surface area contributed by atoms with Gasteiger partial charge >= 0.3 is 0 Å². The van der Waals surface area contributed by atoms with Crippen molar-refractivity contribution in [1.29, 1.82) is 0 Å². The number of amides is 1. The molecule has 70 heavy (non-hydrogen) atoms. The van der Waals surface area contributed by atoms with Gasteiger partial charge in [0.15, 0.2) is 0 Å². The van der Waals surface area contributed by atoms with Crippen molar-refractivity contribution < 1.29 is 32.9 Å². The summed E-state index contributed by atoms with van der Waals surface area (Å²) in [7, 11) is 1.28. The van der Waals surface area contributed by atoms with E-state index in [1.54, 1.807) is 0 Å². The lowest BCUT2D eigenvalue weighted by Gasteiger charge is -2.30. The Morgan fingerprint density at radius 1 is 0.514 bits per heavy atom. The van der Waals surface area contributed by atoms with Gasteiger partial charge in [-0.15, -0.1) is 0 Å². The quantitative estimate of drug-likeness (QED) is 0.0272. The fraction of sp³-hybridized carbons (Fsp3) is 0.656. The minimum atomic E-state index is -4.57. The predicted octanol–water partition coefficient (Wildman–Crippen LogP) is 16.3. The number of likely N-dealkylation sites (N-methyl/N-ethyl adjacent to an activating group) is 1. The first-order valence-electron chi connectivity index (χ1n) is 27.9. The number of phosphoric ester groups is 1. The smallest absolute Gasteiger partial charge is 0.268 e. The number of unbranched alkanes of at least 4 members (excludes halogenated alkanes) is 16. The number of hydrogen-bond acceptors (Lipinski definition) is 6. The zero-order chi connectivity index (χ0) is 51.3. The Morgan fingerprint density at radius 3 is 1.27 bits per heavy atom. The number of allylic oxidation sites excluding steroid dienone is 20. The molecule has 8 nitrogen and oxygen atoms in total. The van der Waals surface area contributed by atoms with Crippen LogP contribution in [0, 0.1) is 0 Å². The minimum Gasteiger partial charge on any atom is -0.756 e. The lowest BCUT2D eigenvalue weighted by Crippen LogP contribution is -2.46. The molecule has 0 saturated carbocycles. The monoisotopic (exact) mass is 993 g/mol. The molecule has 0 radical (unpaired) electrons. The summed E-state index contributed by atoms with van der Waals surface area (Å²) in [5.41, 5.74) is 0. The molecule has 0 spiro atoms. The van der Waals surface area contributed by atoms with E-state index in [0.717, 1.165) is 109 Å². The van der Waals surface area contributed by atoms with Crippen LogP contribution in [0.2, 0.25) is 0 Å². The van der Waals surface area contributed by atoms with Crippen LogP contribution in [0.4, 0.5) is 0 Å². The number of aliphatic hydroxyl groups is 1. The average molecular weight is 993 g/mol. The van der Waals surface area contributed by atoms with Crippen LogP contribution in [0.3, 0.4) is 0 Å². The molecule has 0 fully saturated rings. The Morgan fingerprint density at radius 2 is 0.871 bits per heavy atom. The Kier molecular flexibility index (Phi) is 48.6. The van der Waals surface area contributed by atoms with Crippen molar-refractivity contribution in [3.05, 3.63) is 122 Å². The van der Waals surface area contributed by atoms with E-state index in [4.69, 9.17) is 9.05 Å². The van der Waals surface area contributed by atoms with Gasteiger partial charge in [0.1, 0.15) is 13.2 Å². The Balaban J connectivity index is 3.95. The number of quaternary nitrogens is 1. The molecule has 0 bridgehead atoms. The highest BCUT2D eigenvalue weighted by Crippen LogP contribution is 2.38. The molecule has 3 atom stereocenters. The van der Waals surface area contributed by atoms with Gasteiger partial charge in [0.2, 0.25) is 5.91 Å². The van der Waals surface area contributed by atoms with Crippen molar-refractivity contribution >= 4 is 13.7 Å². The maximum absolute atomic E-state index is 12.9. The molecule has 0 aliphatic carbocycles. The molecule has 0 aromatic rings. The van der Waals surface area contributed by atoms with E-state index in [9.17, 15) is 19.4 Å². The molecular weight excluding hydrogens is 888 g/mol. The van der Waals surface area contributed by atoms with Gasteiger partial charge in [-0.25, -0.2) is 0 Å². The molecule has 0 saturated heterocycles. The highest BCUT2D eigenvalue weighted by Gasteiger charge is 2.24. The Hall–Kier alpha value is -3.10. The lowest BCUT2D eigenvalue weighted by molar-refractivity contribution is -0.870. The average Bonchev–Trinajstić information content (AvgIpc) is 3.32. The van der Waals surface area contributed by atoms with Crippen molar-refractivity contribution in [2.75, 3.05) is 40.9 Å². The molecule has 0 aromatic carbocycles. The summed E-state index contributed by atoms with van der Waals surface area (Å²) < 4.78 is 23.2. The van der Waals surface area contributed by atoms with Crippen LogP contribution in [-0.4, -0.2) is 68.5 Å². The number of rotatable bonds is 49. The summed E-state index contributed by atoms with van der Waals surface area (Å²) in [4.78, 5) is 25.3. The highest BCUT2D eigenvalue weighted by molar-refractivity contribution is 7.45. The third-order valence-electron chi connectivity index (χ3n) is 11.7. The standard InChI is InChI=1S/C61H105N2O6P/c1-6-8-10-12-14-15-16-17-18-19-20-21-22-23-24-25-26-27-28-29-30-31-32-33-34-35-36-37-38-39-40-41-42-43-44-45-46-47-49-51-53-55-61(65)62-59(60(64)54-52-50-48-13-11-9-7-2)58-69-70(66,67)68-57-56-63(3,4)5/h8,10,14-15,17-18,20-21,23-24,26-27,29-30,32-33,35-36,38-39,59-60,64H,6-7,9,11-13,16,19,22,25,28,31,34,37,40-58H2,1-5H3,(H-,62,65,66,67)/b10-8-,15-14-,18-17-,21-20-,24-23-,27-26-,30-29-,33-32-,36-35-,39-38-. The predicted molar refractivity (Wildman–Crippen MR) is 302 cm³/mol. The maximum Gasteiger partial charge on any atom is 0.268 e. The van der Waals surface area contributed by atoms with Gasteiger partial charge in [-0.2, -0.15) is 0 Å². The van der Waals surface area contributed by atoms with Crippen molar-refractivity contribution in [2.45, 2.75) is 219 Å². The van der Waals surface area contributed by atoms with Crippen LogP contribution in [0.5, 0.6) is 0 Å². The maximum atomic E-state index is 12.9. The largest absolute Gasteiger partial charge is 0.756 e. The highest BCUT2D eigenvalue weighted by atomic mass is 31.2. The van der Waals surface area contributed by atoms with Crippen molar-refractivity contribution in [2.24, 2.45) is 0 Å². The second-order valence-corrected chi connectivity index (χ2v) is 21.0.